The zero-order chi connectivity index (χ0) is 18.9. The number of alkyl halides is 3. The summed E-state index contributed by atoms with van der Waals surface area (Å²) >= 11 is 0. The highest BCUT2D eigenvalue weighted by atomic mass is 19.4. The van der Waals surface area contributed by atoms with Crippen LogP contribution in [0.4, 0.5) is 18.9 Å². The average Bonchev–Trinajstić information content (AvgIpc) is 2.95. The van der Waals surface area contributed by atoms with Gasteiger partial charge in [0.25, 0.3) is 0 Å². The SMILES string of the molecule is CCC1(N)N=C(Nc2cnn(C3CCOCC3)c2C)NC=C1C(F)(F)F. The van der Waals surface area contributed by atoms with Gasteiger partial charge in [-0.3, -0.25) is 4.68 Å². The maximum Gasteiger partial charge on any atom is 0.417 e. The quantitative estimate of drug-likeness (QED) is 0.758. The third-order valence-electron chi connectivity index (χ3n) is 4.81. The van der Waals surface area contributed by atoms with Crippen LogP contribution >= 0.6 is 0 Å². The molecule has 0 saturated carbocycles. The lowest BCUT2D eigenvalue weighted by Gasteiger charge is -2.32. The number of guanidine groups is 1. The maximum atomic E-state index is 13.1. The number of nitrogens with zero attached hydrogens (tertiary/aromatic N) is 3. The Hall–Kier alpha value is -2.07. The van der Waals surface area contributed by atoms with Crippen LogP contribution in [0.25, 0.3) is 0 Å². The van der Waals surface area contributed by atoms with Crippen LogP contribution in [0.15, 0.2) is 23.0 Å². The van der Waals surface area contributed by atoms with E-state index in [0.29, 0.717) is 18.9 Å². The molecule has 0 bridgehead atoms. The van der Waals surface area contributed by atoms with Gasteiger partial charge in [-0.05, 0) is 26.2 Å². The third kappa shape index (κ3) is 3.56. The van der Waals surface area contributed by atoms with Gasteiger partial charge < -0.3 is 21.1 Å². The van der Waals surface area contributed by atoms with Crippen LogP contribution in [0, 0.1) is 6.92 Å². The fourth-order valence-corrected chi connectivity index (χ4v) is 3.19. The van der Waals surface area contributed by atoms with E-state index in [4.69, 9.17) is 10.5 Å². The Morgan fingerprint density at radius 2 is 2.12 bits per heavy atom. The van der Waals surface area contributed by atoms with Crippen molar-refractivity contribution in [2.75, 3.05) is 18.5 Å². The molecule has 144 valence electrons. The summed E-state index contributed by atoms with van der Waals surface area (Å²) < 4.78 is 46.7. The minimum Gasteiger partial charge on any atom is -0.381 e. The Morgan fingerprint density at radius 1 is 1.42 bits per heavy atom. The molecule has 0 aromatic carbocycles. The molecule has 3 rings (SSSR count). The van der Waals surface area contributed by atoms with E-state index in [0.717, 1.165) is 24.7 Å². The van der Waals surface area contributed by atoms with Crippen LogP contribution in [0.3, 0.4) is 0 Å². The Bertz CT molecular complexity index is 720. The third-order valence-corrected chi connectivity index (χ3v) is 4.81. The van der Waals surface area contributed by atoms with Crippen LogP contribution in [0.2, 0.25) is 0 Å². The highest BCUT2D eigenvalue weighted by Gasteiger charge is 2.47. The fourth-order valence-electron chi connectivity index (χ4n) is 3.19. The van der Waals surface area contributed by atoms with E-state index < -0.39 is 17.4 Å². The molecule has 2 aliphatic heterocycles. The number of hydrogen-bond acceptors (Lipinski definition) is 6. The number of halogens is 3. The zero-order valence-electron chi connectivity index (χ0n) is 14.7. The van der Waals surface area contributed by atoms with Crippen molar-refractivity contribution in [3.8, 4) is 0 Å². The van der Waals surface area contributed by atoms with Crippen molar-refractivity contribution in [1.29, 1.82) is 0 Å². The molecule has 1 atom stereocenters. The number of hydrogen-bond donors (Lipinski definition) is 3. The van der Waals surface area contributed by atoms with Crippen LogP contribution in [-0.4, -0.2) is 40.8 Å². The molecular formula is C16H23F3N6O. The van der Waals surface area contributed by atoms with Crippen molar-refractivity contribution in [3.63, 3.8) is 0 Å². The number of anilines is 1. The maximum absolute atomic E-state index is 13.1. The lowest BCUT2D eigenvalue weighted by Crippen LogP contribution is -2.51. The molecule has 1 saturated heterocycles. The predicted molar refractivity (Wildman–Crippen MR) is 91.6 cm³/mol. The molecule has 1 aromatic rings. The van der Waals surface area contributed by atoms with E-state index in [1.807, 2.05) is 11.6 Å². The second-order valence-electron chi connectivity index (χ2n) is 6.50. The highest BCUT2D eigenvalue weighted by molar-refractivity contribution is 5.95. The summed E-state index contributed by atoms with van der Waals surface area (Å²) in [6.45, 7) is 4.86. The lowest BCUT2D eigenvalue weighted by molar-refractivity contribution is -0.101. The van der Waals surface area contributed by atoms with Crippen LogP contribution in [-0.2, 0) is 4.74 Å². The Balaban J connectivity index is 1.79. The Morgan fingerprint density at radius 3 is 2.73 bits per heavy atom. The second-order valence-corrected chi connectivity index (χ2v) is 6.50. The molecule has 3 heterocycles. The van der Waals surface area contributed by atoms with Gasteiger partial charge in [-0.1, -0.05) is 6.92 Å². The summed E-state index contributed by atoms with van der Waals surface area (Å²) in [4.78, 5) is 4.07. The molecule has 4 N–H and O–H groups in total. The smallest absolute Gasteiger partial charge is 0.381 e. The molecule has 1 aromatic heterocycles. The largest absolute Gasteiger partial charge is 0.417 e. The fraction of sp³-hybridized carbons (Fsp3) is 0.625. The molecule has 1 fully saturated rings. The van der Waals surface area contributed by atoms with Gasteiger partial charge in [-0.15, -0.1) is 0 Å². The molecule has 7 nitrogen and oxygen atoms in total. The molecule has 2 aliphatic rings. The predicted octanol–water partition coefficient (Wildman–Crippen LogP) is 2.43. The van der Waals surface area contributed by atoms with E-state index in [1.165, 1.54) is 0 Å². The van der Waals surface area contributed by atoms with Crippen LogP contribution in [0.1, 0.15) is 37.9 Å². The first-order valence-electron chi connectivity index (χ1n) is 8.56. The minimum atomic E-state index is -4.54. The van der Waals surface area contributed by atoms with Crippen molar-refractivity contribution in [2.24, 2.45) is 10.7 Å². The molecule has 26 heavy (non-hydrogen) atoms. The van der Waals surface area contributed by atoms with Crippen LogP contribution < -0.4 is 16.4 Å². The second kappa shape index (κ2) is 6.92. The summed E-state index contributed by atoms with van der Waals surface area (Å²) in [5.41, 5.74) is 4.74. The molecule has 0 aliphatic carbocycles. The minimum absolute atomic E-state index is 0.0194. The summed E-state index contributed by atoms with van der Waals surface area (Å²) in [6, 6.07) is 0.251. The van der Waals surface area contributed by atoms with Crippen LogP contribution in [0.5, 0.6) is 0 Å². The number of nitrogens with two attached hydrogens (primary N) is 1. The van der Waals surface area contributed by atoms with Crippen molar-refractivity contribution in [2.45, 2.75) is 51.0 Å². The van der Waals surface area contributed by atoms with Crippen molar-refractivity contribution in [3.05, 3.63) is 23.7 Å². The van der Waals surface area contributed by atoms with Gasteiger partial charge in [0.1, 0.15) is 5.66 Å². The average molecular weight is 372 g/mol. The summed E-state index contributed by atoms with van der Waals surface area (Å²) in [5.74, 6) is 0.164. The van der Waals surface area contributed by atoms with Gasteiger partial charge >= 0.3 is 6.18 Å². The monoisotopic (exact) mass is 372 g/mol. The topological polar surface area (TPSA) is 89.5 Å². The van der Waals surface area contributed by atoms with Gasteiger partial charge in [0, 0.05) is 19.4 Å². The summed E-state index contributed by atoms with van der Waals surface area (Å²) in [6.07, 6.45) is -0.261. The summed E-state index contributed by atoms with van der Waals surface area (Å²) in [5, 5.41) is 9.96. The molecule has 10 heteroatoms. The van der Waals surface area contributed by atoms with Crippen molar-refractivity contribution in [1.82, 2.24) is 15.1 Å². The van der Waals surface area contributed by atoms with E-state index in [9.17, 15) is 13.2 Å². The van der Waals surface area contributed by atoms with Crippen molar-refractivity contribution < 1.29 is 17.9 Å². The van der Waals surface area contributed by atoms with E-state index in [2.05, 4.69) is 20.7 Å². The van der Waals surface area contributed by atoms with Gasteiger partial charge in [0.15, 0.2) is 0 Å². The van der Waals surface area contributed by atoms with E-state index >= 15 is 0 Å². The number of aliphatic imine (C=N–C) groups is 1. The van der Waals surface area contributed by atoms with Gasteiger partial charge in [-0.2, -0.15) is 18.3 Å². The Kier molecular flexibility index (Phi) is 4.98. The number of rotatable bonds is 3. The Labute approximate surface area is 149 Å². The first kappa shape index (κ1) is 18.7. The standard InChI is InChI=1S/C16H23F3N6O/c1-3-15(20)13(16(17,18)19)9-21-14(24-15)23-12-8-22-25(10(12)2)11-4-6-26-7-5-11/h8-9,11H,3-7,20H2,1-2H3,(H2,21,23,24). The van der Waals surface area contributed by atoms with Gasteiger partial charge in [-0.25, -0.2) is 4.99 Å². The number of ether oxygens (including phenoxy) is 1. The van der Waals surface area contributed by atoms with Gasteiger partial charge in [0.05, 0.1) is 29.2 Å². The molecular weight excluding hydrogens is 349 g/mol. The normalized spacial score (nSPS) is 24.7. The van der Waals surface area contributed by atoms with E-state index in [-0.39, 0.29) is 18.4 Å². The zero-order valence-corrected chi connectivity index (χ0v) is 14.7. The van der Waals surface area contributed by atoms with Crippen molar-refractivity contribution >= 4 is 11.6 Å². The van der Waals surface area contributed by atoms with Gasteiger partial charge in [0.2, 0.25) is 5.96 Å². The molecule has 0 spiro atoms. The lowest BCUT2D eigenvalue weighted by atomic mass is 9.97. The molecule has 1 unspecified atom stereocenters. The molecule has 0 amide bonds. The van der Waals surface area contributed by atoms with E-state index in [1.54, 1.807) is 13.1 Å². The highest BCUT2D eigenvalue weighted by Crippen LogP contribution is 2.36. The first-order chi connectivity index (χ1) is 12.2. The molecule has 0 radical (unpaired) electrons. The summed E-state index contributed by atoms with van der Waals surface area (Å²) in [7, 11) is 0. The first-order valence-corrected chi connectivity index (χ1v) is 8.56. The number of nitrogens with one attached hydrogen (secondary N) is 2. The number of aromatic nitrogens is 2.